The Morgan fingerprint density at radius 1 is 1.61 bits per heavy atom. The van der Waals surface area contributed by atoms with Gasteiger partial charge >= 0.3 is 0 Å². The third-order valence-electron chi connectivity index (χ3n) is 2.90. The number of nitrogens with zero attached hydrogens (tertiary/aromatic N) is 3. The number of nitriles is 1. The highest BCUT2D eigenvalue weighted by molar-refractivity contribution is 6.30. The first-order valence-corrected chi connectivity index (χ1v) is 6.02. The van der Waals surface area contributed by atoms with Crippen molar-refractivity contribution < 1.29 is 4.39 Å². The van der Waals surface area contributed by atoms with Crippen LogP contribution in [0.15, 0.2) is 23.2 Å². The van der Waals surface area contributed by atoms with E-state index in [1.165, 1.54) is 6.07 Å². The summed E-state index contributed by atoms with van der Waals surface area (Å²) in [5.41, 5.74) is 0.529. The van der Waals surface area contributed by atoms with Crippen molar-refractivity contribution in [2.75, 3.05) is 7.05 Å². The topological polar surface area (TPSA) is 39.4 Å². The van der Waals surface area contributed by atoms with Gasteiger partial charge in [0.05, 0.1) is 6.04 Å². The van der Waals surface area contributed by atoms with Gasteiger partial charge in [0.15, 0.2) is 0 Å². The molecule has 0 aromatic heterocycles. The van der Waals surface area contributed by atoms with Gasteiger partial charge in [-0.1, -0.05) is 24.6 Å². The molecule has 0 amide bonds. The second-order valence-electron chi connectivity index (χ2n) is 3.93. The first-order chi connectivity index (χ1) is 8.51. The zero-order valence-corrected chi connectivity index (χ0v) is 11.4. The van der Waals surface area contributed by atoms with Crippen LogP contribution >= 0.6 is 11.6 Å². The van der Waals surface area contributed by atoms with Crippen molar-refractivity contribution in [3.8, 4) is 6.19 Å². The second-order valence-corrected chi connectivity index (χ2v) is 4.37. The molecule has 18 heavy (non-hydrogen) atoms. The van der Waals surface area contributed by atoms with Crippen molar-refractivity contribution in [1.29, 1.82) is 5.26 Å². The molecule has 0 aliphatic carbocycles. The maximum absolute atomic E-state index is 13.8. The summed E-state index contributed by atoms with van der Waals surface area (Å²) in [5.74, 6) is 0.272. The molecule has 0 aliphatic heterocycles. The van der Waals surface area contributed by atoms with Gasteiger partial charge in [0.25, 0.3) is 0 Å². The summed E-state index contributed by atoms with van der Waals surface area (Å²) in [6.07, 6.45) is 2.38. The highest BCUT2D eigenvalue weighted by Crippen LogP contribution is 2.25. The molecule has 0 saturated heterocycles. The lowest BCUT2D eigenvalue weighted by Gasteiger charge is -2.27. The van der Waals surface area contributed by atoms with Gasteiger partial charge in [-0.05, 0) is 19.1 Å². The van der Waals surface area contributed by atoms with E-state index in [2.05, 4.69) is 4.99 Å². The minimum absolute atomic E-state index is 0.214. The van der Waals surface area contributed by atoms with E-state index in [4.69, 9.17) is 16.9 Å². The molecule has 96 valence electrons. The summed E-state index contributed by atoms with van der Waals surface area (Å²) in [7, 11) is 1.79. The normalized spacial score (nSPS) is 13.0. The molecule has 0 aliphatic rings. The fourth-order valence-corrected chi connectivity index (χ4v) is 1.90. The van der Waals surface area contributed by atoms with Gasteiger partial charge in [-0.2, -0.15) is 10.3 Å². The maximum Gasteiger partial charge on any atom is 0.207 e. The first-order valence-electron chi connectivity index (χ1n) is 5.64. The summed E-state index contributed by atoms with van der Waals surface area (Å²) < 4.78 is 13.8. The predicted octanol–water partition coefficient (Wildman–Crippen LogP) is 3.76. The SMILES string of the molecule is CC/C(=N\C#N)N(C)[C@@H](C)c1ccc(Cl)cc1F. The average molecular weight is 268 g/mol. The molecule has 1 atom stereocenters. The van der Waals surface area contributed by atoms with Crippen LogP contribution in [-0.2, 0) is 0 Å². The highest BCUT2D eigenvalue weighted by Gasteiger charge is 2.18. The Morgan fingerprint density at radius 2 is 2.28 bits per heavy atom. The molecule has 1 aromatic rings. The molecule has 5 heteroatoms. The van der Waals surface area contributed by atoms with Crippen molar-refractivity contribution in [2.45, 2.75) is 26.3 Å². The zero-order valence-electron chi connectivity index (χ0n) is 10.6. The average Bonchev–Trinajstić information content (AvgIpc) is 2.34. The summed E-state index contributed by atoms with van der Waals surface area (Å²) in [4.78, 5) is 5.52. The van der Waals surface area contributed by atoms with Crippen LogP contribution in [0.4, 0.5) is 4.39 Å². The summed E-state index contributed by atoms with van der Waals surface area (Å²) in [6, 6.07) is 4.37. The smallest absolute Gasteiger partial charge is 0.207 e. The fourth-order valence-electron chi connectivity index (χ4n) is 1.74. The molecule has 0 bridgehead atoms. The number of hydrogen-bond acceptors (Lipinski definition) is 2. The van der Waals surface area contributed by atoms with E-state index in [9.17, 15) is 4.39 Å². The lowest BCUT2D eigenvalue weighted by molar-refractivity contribution is 0.383. The van der Waals surface area contributed by atoms with Gasteiger partial charge in [-0.15, -0.1) is 0 Å². The van der Waals surface area contributed by atoms with Crippen LogP contribution in [0.2, 0.25) is 5.02 Å². The van der Waals surface area contributed by atoms with Crippen molar-refractivity contribution in [1.82, 2.24) is 4.90 Å². The minimum atomic E-state index is -0.353. The van der Waals surface area contributed by atoms with Crippen LogP contribution < -0.4 is 0 Å². The molecule has 0 heterocycles. The van der Waals surface area contributed by atoms with E-state index >= 15 is 0 Å². The second kappa shape index (κ2) is 6.36. The Bertz CT molecular complexity index is 493. The lowest BCUT2D eigenvalue weighted by atomic mass is 10.1. The van der Waals surface area contributed by atoms with Crippen LogP contribution in [0, 0.1) is 17.3 Å². The first kappa shape index (κ1) is 14.5. The molecule has 1 rings (SSSR count). The number of amidine groups is 1. The van der Waals surface area contributed by atoms with Crippen LogP contribution in [0.3, 0.4) is 0 Å². The highest BCUT2D eigenvalue weighted by atomic mass is 35.5. The van der Waals surface area contributed by atoms with Gasteiger partial charge in [0.2, 0.25) is 6.19 Å². The summed E-state index contributed by atoms with van der Waals surface area (Å²) >= 11 is 5.72. The Kier molecular flexibility index (Phi) is 5.11. The van der Waals surface area contributed by atoms with Crippen LogP contribution in [0.5, 0.6) is 0 Å². The lowest BCUT2D eigenvalue weighted by Crippen LogP contribution is -2.29. The Hall–Kier alpha value is -1.60. The van der Waals surface area contributed by atoms with Gasteiger partial charge in [0.1, 0.15) is 11.7 Å². The van der Waals surface area contributed by atoms with Gasteiger partial charge in [-0.25, -0.2) is 4.39 Å². The van der Waals surface area contributed by atoms with Crippen molar-refractivity contribution in [2.24, 2.45) is 4.99 Å². The van der Waals surface area contributed by atoms with Gasteiger partial charge in [-0.3, -0.25) is 0 Å². The number of aliphatic imine (C=N–C) groups is 1. The third-order valence-corrected chi connectivity index (χ3v) is 3.13. The van der Waals surface area contributed by atoms with E-state index in [1.807, 2.05) is 13.8 Å². The standard InChI is InChI=1S/C13H15ClFN3/c1-4-13(17-8-16)18(3)9(2)11-6-5-10(14)7-12(11)15/h5-7,9H,4H2,1-3H3/b17-13+/t9-/m0/s1. The third kappa shape index (κ3) is 3.21. The van der Waals surface area contributed by atoms with E-state index in [1.54, 1.807) is 30.3 Å². The van der Waals surface area contributed by atoms with Crippen LogP contribution in [0.25, 0.3) is 0 Å². The molecule has 1 aromatic carbocycles. The van der Waals surface area contributed by atoms with E-state index in [0.717, 1.165) is 0 Å². The number of benzene rings is 1. The van der Waals surface area contributed by atoms with E-state index < -0.39 is 0 Å². The number of halogens is 2. The quantitative estimate of drug-likeness (QED) is 0.475. The Morgan fingerprint density at radius 3 is 2.78 bits per heavy atom. The molecule has 3 nitrogen and oxygen atoms in total. The maximum atomic E-state index is 13.8. The van der Waals surface area contributed by atoms with Crippen LogP contribution in [0.1, 0.15) is 31.9 Å². The molecule has 0 unspecified atom stereocenters. The summed E-state index contributed by atoms with van der Waals surface area (Å²) in [6.45, 7) is 3.76. The Balaban J connectivity index is 3.03. The molecule has 0 fully saturated rings. The predicted molar refractivity (Wildman–Crippen MR) is 70.9 cm³/mol. The van der Waals surface area contributed by atoms with Gasteiger partial charge < -0.3 is 4.90 Å². The fraction of sp³-hybridized carbons (Fsp3) is 0.385. The molecule has 0 radical (unpaired) electrons. The van der Waals surface area contributed by atoms with Crippen LogP contribution in [-0.4, -0.2) is 17.8 Å². The van der Waals surface area contributed by atoms with Crippen molar-refractivity contribution in [3.05, 3.63) is 34.6 Å². The zero-order chi connectivity index (χ0) is 13.7. The van der Waals surface area contributed by atoms with E-state index in [0.29, 0.717) is 22.8 Å². The van der Waals surface area contributed by atoms with Crippen molar-refractivity contribution >= 4 is 17.4 Å². The van der Waals surface area contributed by atoms with Crippen molar-refractivity contribution in [3.63, 3.8) is 0 Å². The monoisotopic (exact) mass is 267 g/mol. The molecule has 0 spiro atoms. The minimum Gasteiger partial charge on any atom is -0.356 e. The Labute approximate surface area is 112 Å². The number of rotatable bonds is 3. The molecular weight excluding hydrogens is 253 g/mol. The largest absolute Gasteiger partial charge is 0.356 e. The molecule has 0 saturated carbocycles. The molecule has 0 N–H and O–H groups in total. The van der Waals surface area contributed by atoms with Gasteiger partial charge in [0, 0.05) is 24.1 Å². The molecular formula is C13H15ClFN3. The summed E-state index contributed by atoms with van der Waals surface area (Å²) in [5, 5.41) is 8.97. The number of hydrogen-bond donors (Lipinski definition) is 0. The van der Waals surface area contributed by atoms with E-state index in [-0.39, 0.29) is 11.9 Å².